The minimum atomic E-state index is -0.247. The number of carbonyl (C=O) groups excluding carboxylic acids is 1. The lowest BCUT2D eigenvalue weighted by Gasteiger charge is -2.12. The first-order valence-corrected chi connectivity index (χ1v) is 10.0. The van der Waals surface area contributed by atoms with E-state index in [4.69, 9.17) is 16.9 Å². The normalized spacial score (nSPS) is 10.6. The van der Waals surface area contributed by atoms with Crippen LogP contribution in [0.3, 0.4) is 0 Å². The van der Waals surface area contributed by atoms with E-state index in [9.17, 15) is 9.59 Å². The quantitative estimate of drug-likeness (QED) is 0.487. The van der Waals surface area contributed by atoms with Gasteiger partial charge in [-0.25, -0.2) is 4.98 Å². The van der Waals surface area contributed by atoms with Gasteiger partial charge in [-0.15, -0.1) is 0 Å². The highest BCUT2D eigenvalue weighted by atomic mass is 35.5. The summed E-state index contributed by atoms with van der Waals surface area (Å²) in [4.78, 5) is 29.6. The fraction of sp³-hybridized carbons (Fsp3) is 0.200. The van der Waals surface area contributed by atoms with Crippen molar-refractivity contribution >= 4 is 45.9 Å². The number of benzene rings is 2. The molecule has 2 aromatic carbocycles. The highest BCUT2D eigenvalue weighted by Crippen LogP contribution is 2.21. The van der Waals surface area contributed by atoms with Gasteiger partial charge in [0.2, 0.25) is 5.91 Å². The number of nitrogens with one attached hydrogen (secondary N) is 1. The standard InChI is InChI=1S/C20H17ClN4O2S/c1-2-8-25-19(27)16-7-6-14(21)10-17(16)24-20(25)28-12-18(26)23-15-5-3-4-13(9-15)11-22/h3-7,9-10H,2,8,12H2,1H3,(H,23,26). The van der Waals surface area contributed by atoms with Crippen LogP contribution in [-0.4, -0.2) is 21.2 Å². The average molecular weight is 413 g/mol. The topological polar surface area (TPSA) is 87.8 Å². The number of nitrogens with zero attached hydrogens (tertiary/aromatic N) is 3. The van der Waals surface area contributed by atoms with Crippen LogP contribution in [-0.2, 0) is 11.3 Å². The maximum atomic E-state index is 12.8. The van der Waals surface area contributed by atoms with E-state index < -0.39 is 0 Å². The maximum absolute atomic E-state index is 12.8. The van der Waals surface area contributed by atoms with Gasteiger partial charge in [-0.3, -0.25) is 14.2 Å². The number of thioether (sulfide) groups is 1. The number of anilines is 1. The van der Waals surface area contributed by atoms with E-state index in [1.54, 1.807) is 47.0 Å². The third-order valence-electron chi connectivity index (χ3n) is 3.94. The number of nitriles is 1. The zero-order chi connectivity index (χ0) is 20.1. The Morgan fingerprint density at radius 2 is 2.14 bits per heavy atom. The molecule has 0 aliphatic carbocycles. The Hall–Kier alpha value is -2.82. The molecule has 1 amide bonds. The Morgan fingerprint density at radius 3 is 2.89 bits per heavy atom. The molecule has 0 fully saturated rings. The van der Waals surface area contributed by atoms with Gasteiger partial charge in [0, 0.05) is 17.3 Å². The van der Waals surface area contributed by atoms with Crippen LogP contribution in [0.25, 0.3) is 10.9 Å². The first kappa shape index (κ1) is 19.9. The number of carbonyl (C=O) groups is 1. The van der Waals surface area contributed by atoms with E-state index in [-0.39, 0.29) is 17.2 Å². The number of amides is 1. The van der Waals surface area contributed by atoms with Crippen LogP contribution in [0.5, 0.6) is 0 Å². The molecule has 0 saturated carbocycles. The fourth-order valence-electron chi connectivity index (χ4n) is 2.70. The van der Waals surface area contributed by atoms with Gasteiger partial charge in [0.25, 0.3) is 5.56 Å². The van der Waals surface area contributed by atoms with Gasteiger partial charge in [-0.1, -0.05) is 36.4 Å². The minimum absolute atomic E-state index is 0.0823. The molecule has 0 unspecified atom stereocenters. The van der Waals surface area contributed by atoms with E-state index in [1.165, 1.54) is 11.8 Å². The molecule has 0 atom stereocenters. The highest BCUT2D eigenvalue weighted by Gasteiger charge is 2.13. The van der Waals surface area contributed by atoms with Crippen molar-refractivity contribution < 1.29 is 4.79 Å². The minimum Gasteiger partial charge on any atom is -0.325 e. The molecule has 142 valence electrons. The predicted octanol–water partition coefficient (Wildman–Crippen LogP) is 4.06. The Bertz CT molecular complexity index is 1140. The van der Waals surface area contributed by atoms with Crippen LogP contribution < -0.4 is 10.9 Å². The molecule has 0 aliphatic heterocycles. The van der Waals surface area contributed by atoms with Crippen molar-refractivity contribution in [3.05, 3.63) is 63.4 Å². The molecule has 0 bridgehead atoms. The number of aromatic nitrogens is 2. The van der Waals surface area contributed by atoms with Gasteiger partial charge in [0.05, 0.1) is 28.3 Å². The smallest absolute Gasteiger partial charge is 0.262 e. The van der Waals surface area contributed by atoms with E-state index in [0.29, 0.717) is 38.9 Å². The Kier molecular flexibility index (Phi) is 6.34. The van der Waals surface area contributed by atoms with Crippen molar-refractivity contribution in [2.75, 3.05) is 11.1 Å². The van der Waals surface area contributed by atoms with Crippen molar-refractivity contribution in [2.24, 2.45) is 0 Å². The molecule has 6 nitrogen and oxygen atoms in total. The zero-order valence-electron chi connectivity index (χ0n) is 15.1. The summed E-state index contributed by atoms with van der Waals surface area (Å²) in [6.07, 6.45) is 0.765. The van der Waals surface area contributed by atoms with Gasteiger partial charge in [0.15, 0.2) is 5.16 Å². The summed E-state index contributed by atoms with van der Waals surface area (Å²) in [5, 5.41) is 13.2. The van der Waals surface area contributed by atoms with Crippen molar-refractivity contribution in [3.8, 4) is 6.07 Å². The van der Waals surface area contributed by atoms with E-state index in [2.05, 4.69) is 10.3 Å². The number of rotatable bonds is 6. The molecular formula is C20H17ClN4O2S. The molecule has 3 aromatic rings. The van der Waals surface area contributed by atoms with Gasteiger partial charge >= 0.3 is 0 Å². The third-order valence-corrected chi connectivity index (χ3v) is 5.15. The van der Waals surface area contributed by atoms with Crippen LogP contribution in [0.15, 0.2) is 52.4 Å². The second-order valence-electron chi connectivity index (χ2n) is 6.04. The second kappa shape index (κ2) is 8.91. The largest absolute Gasteiger partial charge is 0.325 e. The summed E-state index contributed by atoms with van der Waals surface area (Å²) < 4.78 is 1.59. The molecule has 0 saturated heterocycles. The van der Waals surface area contributed by atoms with E-state index >= 15 is 0 Å². The second-order valence-corrected chi connectivity index (χ2v) is 7.42. The molecule has 0 aliphatic rings. The molecule has 8 heteroatoms. The number of halogens is 1. The SMILES string of the molecule is CCCn1c(SCC(=O)Nc2cccc(C#N)c2)nc2cc(Cl)ccc2c1=O. The van der Waals surface area contributed by atoms with Crippen molar-refractivity contribution in [2.45, 2.75) is 25.0 Å². The first-order chi connectivity index (χ1) is 13.5. The van der Waals surface area contributed by atoms with Crippen LogP contribution in [0, 0.1) is 11.3 Å². The van der Waals surface area contributed by atoms with Crippen molar-refractivity contribution in [1.29, 1.82) is 5.26 Å². The summed E-state index contributed by atoms with van der Waals surface area (Å²) in [5.41, 5.74) is 1.38. The lowest BCUT2D eigenvalue weighted by atomic mass is 10.2. The van der Waals surface area contributed by atoms with Gasteiger partial charge in [-0.2, -0.15) is 5.26 Å². The van der Waals surface area contributed by atoms with Gasteiger partial charge in [-0.05, 0) is 42.8 Å². The molecule has 28 heavy (non-hydrogen) atoms. The van der Waals surface area contributed by atoms with Crippen molar-refractivity contribution in [1.82, 2.24) is 9.55 Å². The lowest BCUT2D eigenvalue weighted by molar-refractivity contribution is -0.113. The summed E-state index contributed by atoms with van der Waals surface area (Å²) in [6.45, 7) is 2.49. The van der Waals surface area contributed by atoms with Gasteiger partial charge < -0.3 is 5.32 Å². The number of hydrogen-bond acceptors (Lipinski definition) is 5. The summed E-state index contributed by atoms with van der Waals surface area (Å²) >= 11 is 7.22. The van der Waals surface area contributed by atoms with Crippen molar-refractivity contribution in [3.63, 3.8) is 0 Å². The molecule has 1 heterocycles. The fourth-order valence-corrected chi connectivity index (χ4v) is 3.69. The Labute approximate surface area is 171 Å². The summed E-state index contributed by atoms with van der Waals surface area (Å²) in [5.74, 6) is -0.164. The summed E-state index contributed by atoms with van der Waals surface area (Å²) in [7, 11) is 0. The van der Waals surface area contributed by atoms with E-state index in [0.717, 1.165) is 6.42 Å². The van der Waals surface area contributed by atoms with Crippen LogP contribution in [0.2, 0.25) is 5.02 Å². The third kappa shape index (κ3) is 4.53. The Balaban J connectivity index is 1.82. The maximum Gasteiger partial charge on any atom is 0.262 e. The molecule has 0 radical (unpaired) electrons. The highest BCUT2D eigenvalue weighted by molar-refractivity contribution is 7.99. The van der Waals surface area contributed by atoms with Crippen LogP contribution >= 0.6 is 23.4 Å². The van der Waals surface area contributed by atoms with E-state index in [1.807, 2.05) is 13.0 Å². The lowest BCUT2D eigenvalue weighted by Crippen LogP contribution is -2.24. The number of hydrogen-bond donors (Lipinski definition) is 1. The number of fused-ring (bicyclic) bond motifs is 1. The zero-order valence-corrected chi connectivity index (χ0v) is 16.7. The Morgan fingerprint density at radius 1 is 1.32 bits per heavy atom. The molecule has 0 spiro atoms. The average Bonchev–Trinajstić information content (AvgIpc) is 2.68. The monoisotopic (exact) mass is 412 g/mol. The summed E-state index contributed by atoms with van der Waals surface area (Å²) in [6, 6.07) is 13.7. The molecule has 3 rings (SSSR count). The van der Waals surface area contributed by atoms with Crippen LogP contribution in [0.1, 0.15) is 18.9 Å². The molecule has 1 aromatic heterocycles. The van der Waals surface area contributed by atoms with Gasteiger partial charge in [0.1, 0.15) is 0 Å². The van der Waals surface area contributed by atoms with Crippen LogP contribution in [0.4, 0.5) is 5.69 Å². The predicted molar refractivity (Wildman–Crippen MR) is 112 cm³/mol. The molecular weight excluding hydrogens is 396 g/mol. The first-order valence-electron chi connectivity index (χ1n) is 8.64. The molecule has 1 N–H and O–H groups in total.